The van der Waals surface area contributed by atoms with Gasteiger partial charge in [-0.15, -0.1) is 24.0 Å². The number of hydrogen-bond acceptors (Lipinski definition) is 2. The molecule has 3 rings (SSSR count). The van der Waals surface area contributed by atoms with Gasteiger partial charge in [0.2, 0.25) is 5.91 Å². The van der Waals surface area contributed by atoms with Gasteiger partial charge in [-0.25, -0.2) is 9.38 Å². The van der Waals surface area contributed by atoms with E-state index in [1.54, 1.807) is 0 Å². The Morgan fingerprint density at radius 3 is 2.71 bits per heavy atom. The molecule has 0 bridgehead atoms. The van der Waals surface area contributed by atoms with Crippen molar-refractivity contribution in [3.05, 3.63) is 34.1 Å². The van der Waals surface area contributed by atoms with Crippen molar-refractivity contribution in [3.8, 4) is 0 Å². The summed E-state index contributed by atoms with van der Waals surface area (Å²) in [6.45, 7) is 4.69. The van der Waals surface area contributed by atoms with Crippen LogP contribution in [0.5, 0.6) is 0 Å². The lowest BCUT2D eigenvalue weighted by atomic mass is 10.1. The van der Waals surface area contributed by atoms with Gasteiger partial charge in [-0.05, 0) is 49.9 Å². The first-order valence-corrected chi connectivity index (χ1v) is 10.6. The third-order valence-electron chi connectivity index (χ3n) is 5.23. The van der Waals surface area contributed by atoms with Crippen LogP contribution >= 0.6 is 39.9 Å². The number of hydrogen-bond donors (Lipinski definition) is 2. The van der Waals surface area contributed by atoms with Gasteiger partial charge in [0.05, 0.1) is 6.54 Å². The summed E-state index contributed by atoms with van der Waals surface area (Å²) in [7, 11) is 0. The van der Waals surface area contributed by atoms with Crippen LogP contribution in [0.3, 0.4) is 0 Å². The van der Waals surface area contributed by atoms with Gasteiger partial charge in [-0.2, -0.15) is 0 Å². The quantitative estimate of drug-likeness (QED) is 0.321. The van der Waals surface area contributed by atoms with Crippen LogP contribution in [-0.4, -0.2) is 42.4 Å². The van der Waals surface area contributed by atoms with E-state index in [0.29, 0.717) is 22.9 Å². The molecule has 0 aromatic heterocycles. The van der Waals surface area contributed by atoms with Crippen molar-refractivity contribution in [2.24, 2.45) is 10.9 Å². The Hall–Kier alpha value is -0.900. The van der Waals surface area contributed by atoms with Gasteiger partial charge in [0.15, 0.2) is 5.96 Å². The molecule has 1 saturated heterocycles. The molecule has 1 aliphatic carbocycles. The van der Waals surface area contributed by atoms with Crippen molar-refractivity contribution in [3.63, 3.8) is 0 Å². The first-order chi connectivity index (χ1) is 13.0. The third kappa shape index (κ3) is 6.57. The van der Waals surface area contributed by atoms with Gasteiger partial charge in [-0.3, -0.25) is 4.79 Å². The lowest BCUT2D eigenvalue weighted by Crippen LogP contribution is -2.45. The van der Waals surface area contributed by atoms with E-state index in [1.165, 1.54) is 25.0 Å². The molecule has 8 heteroatoms. The zero-order valence-electron chi connectivity index (χ0n) is 16.2. The van der Waals surface area contributed by atoms with Gasteiger partial charge in [0, 0.05) is 36.1 Å². The highest BCUT2D eigenvalue weighted by atomic mass is 127. The monoisotopic (exact) mass is 566 g/mol. The van der Waals surface area contributed by atoms with E-state index >= 15 is 0 Å². The van der Waals surface area contributed by atoms with Crippen molar-refractivity contribution >= 4 is 51.8 Å². The summed E-state index contributed by atoms with van der Waals surface area (Å²) in [5.74, 6) is 0.989. The number of benzene rings is 1. The maximum Gasteiger partial charge on any atom is 0.225 e. The molecule has 2 fully saturated rings. The predicted molar refractivity (Wildman–Crippen MR) is 124 cm³/mol. The molecule has 28 heavy (non-hydrogen) atoms. The highest BCUT2D eigenvalue weighted by molar-refractivity contribution is 14.0. The summed E-state index contributed by atoms with van der Waals surface area (Å²) in [6, 6.07) is 5.00. The Kier molecular flexibility index (Phi) is 9.46. The molecule has 1 amide bonds. The normalized spacial score (nSPS) is 20.2. The topological polar surface area (TPSA) is 56.7 Å². The van der Waals surface area contributed by atoms with Crippen molar-refractivity contribution in [1.29, 1.82) is 0 Å². The number of halogens is 3. The molecule has 1 aromatic carbocycles. The second-order valence-corrected chi connectivity index (χ2v) is 8.28. The Labute approximate surface area is 192 Å². The Morgan fingerprint density at radius 1 is 1.29 bits per heavy atom. The molecule has 1 atom stereocenters. The van der Waals surface area contributed by atoms with Crippen molar-refractivity contribution in [2.45, 2.75) is 51.6 Å². The second-order valence-electron chi connectivity index (χ2n) is 7.37. The third-order valence-corrected chi connectivity index (χ3v) is 5.69. The fourth-order valence-corrected chi connectivity index (χ4v) is 4.41. The first-order valence-electron chi connectivity index (χ1n) is 9.83. The minimum atomic E-state index is -0.274. The zero-order valence-corrected chi connectivity index (χ0v) is 20.1. The van der Waals surface area contributed by atoms with Gasteiger partial charge in [0.1, 0.15) is 5.82 Å². The largest absolute Gasteiger partial charge is 0.357 e. The first kappa shape index (κ1) is 23.4. The molecule has 1 unspecified atom stereocenters. The van der Waals surface area contributed by atoms with E-state index in [-0.39, 0.29) is 41.8 Å². The summed E-state index contributed by atoms with van der Waals surface area (Å²) in [5.41, 5.74) is 0.809. The number of rotatable bonds is 5. The molecule has 1 aromatic rings. The summed E-state index contributed by atoms with van der Waals surface area (Å²) in [5, 5.41) is 6.67. The number of aliphatic imine (C=N–C) groups is 1. The molecule has 2 N–H and O–H groups in total. The molecule has 1 heterocycles. The molecule has 0 spiro atoms. The fraction of sp³-hybridized carbons (Fsp3) is 0.600. The highest BCUT2D eigenvalue weighted by Gasteiger charge is 2.32. The van der Waals surface area contributed by atoms with Crippen molar-refractivity contribution in [2.75, 3.05) is 19.6 Å². The number of carbonyl (C=O) groups is 1. The smallest absolute Gasteiger partial charge is 0.225 e. The Morgan fingerprint density at radius 2 is 2.04 bits per heavy atom. The Bertz CT molecular complexity index is 677. The van der Waals surface area contributed by atoms with Gasteiger partial charge in [-0.1, -0.05) is 28.8 Å². The summed E-state index contributed by atoms with van der Waals surface area (Å²) in [4.78, 5) is 19.2. The van der Waals surface area contributed by atoms with Crippen LogP contribution in [0, 0.1) is 11.7 Å². The fourth-order valence-electron chi connectivity index (χ4n) is 3.90. The SMILES string of the molecule is CCNC(=NCc1cc(F)cc(Br)c1)NC1CCN(C(=O)C2CCCC2)C1.I. The number of amides is 1. The molecule has 5 nitrogen and oxygen atoms in total. The van der Waals surface area contributed by atoms with Crippen LogP contribution < -0.4 is 10.6 Å². The maximum absolute atomic E-state index is 13.5. The standard InChI is InChI=1S/C20H28BrFN4O.HI/c1-2-23-20(24-12-14-9-16(21)11-17(22)10-14)25-18-7-8-26(13-18)19(27)15-5-3-4-6-15;/h9-11,15,18H,2-8,12-13H2,1H3,(H2,23,24,25);1H. The molecule has 1 aliphatic heterocycles. The average molecular weight is 567 g/mol. The van der Waals surface area contributed by atoms with Crippen LogP contribution in [0.15, 0.2) is 27.7 Å². The predicted octanol–water partition coefficient (Wildman–Crippen LogP) is 4.05. The van der Waals surface area contributed by atoms with E-state index in [9.17, 15) is 9.18 Å². The second kappa shape index (κ2) is 11.3. The van der Waals surface area contributed by atoms with E-state index in [4.69, 9.17) is 0 Å². The zero-order chi connectivity index (χ0) is 19.2. The van der Waals surface area contributed by atoms with E-state index in [1.807, 2.05) is 17.9 Å². The number of carbonyl (C=O) groups excluding carboxylic acids is 1. The van der Waals surface area contributed by atoms with Gasteiger partial charge >= 0.3 is 0 Å². The molecular weight excluding hydrogens is 538 g/mol. The minimum absolute atomic E-state index is 0. The molecule has 1 saturated carbocycles. The summed E-state index contributed by atoms with van der Waals surface area (Å²) < 4.78 is 14.2. The number of likely N-dealkylation sites (tertiary alicyclic amines) is 1. The molecular formula is C20H29BrFIN4O. The lowest BCUT2D eigenvalue weighted by molar-refractivity contribution is -0.134. The van der Waals surface area contributed by atoms with Gasteiger partial charge in [0.25, 0.3) is 0 Å². The summed E-state index contributed by atoms with van der Waals surface area (Å²) >= 11 is 3.31. The highest BCUT2D eigenvalue weighted by Crippen LogP contribution is 2.27. The van der Waals surface area contributed by atoms with Crippen molar-refractivity contribution < 1.29 is 9.18 Å². The van der Waals surface area contributed by atoms with Gasteiger partial charge < -0.3 is 15.5 Å². The molecule has 2 aliphatic rings. The Balaban J connectivity index is 0.00000280. The average Bonchev–Trinajstić information content (AvgIpc) is 3.30. The minimum Gasteiger partial charge on any atom is -0.357 e. The van der Waals surface area contributed by atoms with Crippen LogP contribution in [-0.2, 0) is 11.3 Å². The van der Waals surface area contributed by atoms with Crippen LogP contribution in [0.2, 0.25) is 0 Å². The molecule has 0 radical (unpaired) electrons. The lowest BCUT2D eigenvalue weighted by Gasteiger charge is -2.21. The number of nitrogens with one attached hydrogen (secondary N) is 2. The van der Waals surface area contributed by atoms with Crippen LogP contribution in [0.1, 0.15) is 44.6 Å². The van der Waals surface area contributed by atoms with Crippen LogP contribution in [0.4, 0.5) is 4.39 Å². The van der Waals surface area contributed by atoms with E-state index in [0.717, 1.165) is 44.5 Å². The molecule has 156 valence electrons. The maximum atomic E-state index is 13.5. The summed E-state index contributed by atoms with van der Waals surface area (Å²) in [6.07, 6.45) is 5.37. The van der Waals surface area contributed by atoms with Crippen molar-refractivity contribution in [1.82, 2.24) is 15.5 Å². The van der Waals surface area contributed by atoms with Crippen LogP contribution in [0.25, 0.3) is 0 Å². The van der Waals surface area contributed by atoms with E-state index < -0.39 is 0 Å². The number of guanidine groups is 1. The number of nitrogens with zero attached hydrogens (tertiary/aromatic N) is 2. The van der Waals surface area contributed by atoms with E-state index in [2.05, 4.69) is 31.6 Å².